The van der Waals surface area contributed by atoms with Gasteiger partial charge < -0.3 is 10.6 Å². The lowest BCUT2D eigenvalue weighted by molar-refractivity contribution is 0.641. The van der Waals surface area contributed by atoms with E-state index in [9.17, 15) is 0 Å². The van der Waals surface area contributed by atoms with E-state index >= 15 is 0 Å². The van der Waals surface area contributed by atoms with Gasteiger partial charge in [-0.2, -0.15) is 0 Å². The molecule has 1 aromatic rings. The van der Waals surface area contributed by atoms with Gasteiger partial charge in [-0.25, -0.2) is 0 Å². The maximum Gasteiger partial charge on any atom is 0.0544 e. The van der Waals surface area contributed by atoms with E-state index in [2.05, 4.69) is 15.6 Å². The number of pyridine rings is 1. The Morgan fingerprint density at radius 1 is 1.31 bits per heavy atom. The molecule has 72 valence electrons. The van der Waals surface area contributed by atoms with Gasteiger partial charge in [0, 0.05) is 25.3 Å². The number of likely N-dealkylation sites (N-methyl/N-ethyl adjacent to an activating group) is 1. The van der Waals surface area contributed by atoms with Crippen LogP contribution in [0, 0.1) is 6.92 Å². The molecular formula is C10H17N3. The summed E-state index contributed by atoms with van der Waals surface area (Å²) in [7, 11) is 1.95. The Morgan fingerprint density at radius 2 is 2.15 bits per heavy atom. The minimum atomic E-state index is 0.851. The standard InChI is InChI=1S/C10H17N3/c1-9-4-3-5-10(13-9)8-12-7-6-11-2/h3-5,11-12H,6-8H2,1-2H3. The van der Waals surface area contributed by atoms with Crippen molar-refractivity contribution >= 4 is 0 Å². The minimum Gasteiger partial charge on any atom is -0.318 e. The summed E-state index contributed by atoms with van der Waals surface area (Å²) in [5.41, 5.74) is 2.18. The van der Waals surface area contributed by atoms with E-state index in [0.717, 1.165) is 31.0 Å². The van der Waals surface area contributed by atoms with Crippen LogP contribution in [0.2, 0.25) is 0 Å². The van der Waals surface area contributed by atoms with Gasteiger partial charge >= 0.3 is 0 Å². The number of nitrogens with one attached hydrogen (secondary N) is 2. The van der Waals surface area contributed by atoms with E-state index in [-0.39, 0.29) is 0 Å². The van der Waals surface area contributed by atoms with Crippen LogP contribution in [0.1, 0.15) is 11.4 Å². The van der Waals surface area contributed by atoms with Gasteiger partial charge in [0.1, 0.15) is 0 Å². The SMILES string of the molecule is CNCCNCc1cccc(C)n1. The van der Waals surface area contributed by atoms with Crippen molar-refractivity contribution < 1.29 is 0 Å². The van der Waals surface area contributed by atoms with Crippen LogP contribution in [-0.4, -0.2) is 25.1 Å². The Bertz CT molecular complexity index is 248. The molecule has 0 amide bonds. The monoisotopic (exact) mass is 179 g/mol. The van der Waals surface area contributed by atoms with Gasteiger partial charge in [-0.1, -0.05) is 6.07 Å². The molecule has 0 fully saturated rings. The van der Waals surface area contributed by atoms with Gasteiger partial charge in [0.15, 0.2) is 0 Å². The van der Waals surface area contributed by atoms with Crippen molar-refractivity contribution in [2.75, 3.05) is 20.1 Å². The zero-order valence-corrected chi connectivity index (χ0v) is 8.30. The van der Waals surface area contributed by atoms with Gasteiger partial charge in [-0.05, 0) is 26.1 Å². The fraction of sp³-hybridized carbons (Fsp3) is 0.500. The van der Waals surface area contributed by atoms with E-state index in [4.69, 9.17) is 0 Å². The van der Waals surface area contributed by atoms with Gasteiger partial charge in [-0.15, -0.1) is 0 Å². The quantitative estimate of drug-likeness (QED) is 0.653. The summed E-state index contributed by atoms with van der Waals surface area (Å²) in [5, 5.41) is 6.39. The zero-order chi connectivity index (χ0) is 9.52. The highest BCUT2D eigenvalue weighted by atomic mass is 14.9. The average Bonchev–Trinajstić information content (AvgIpc) is 2.13. The van der Waals surface area contributed by atoms with Crippen molar-refractivity contribution in [3.8, 4) is 0 Å². The van der Waals surface area contributed by atoms with Crippen LogP contribution < -0.4 is 10.6 Å². The molecule has 1 heterocycles. The van der Waals surface area contributed by atoms with Crippen LogP contribution in [0.4, 0.5) is 0 Å². The maximum absolute atomic E-state index is 4.39. The predicted molar refractivity (Wildman–Crippen MR) is 54.6 cm³/mol. The fourth-order valence-electron chi connectivity index (χ4n) is 1.13. The molecular weight excluding hydrogens is 162 g/mol. The van der Waals surface area contributed by atoms with Gasteiger partial charge in [-0.3, -0.25) is 4.98 Å². The highest BCUT2D eigenvalue weighted by molar-refractivity contribution is 5.09. The highest BCUT2D eigenvalue weighted by Gasteiger charge is 1.92. The molecule has 0 unspecified atom stereocenters. The smallest absolute Gasteiger partial charge is 0.0544 e. The molecule has 1 aromatic heterocycles. The highest BCUT2D eigenvalue weighted by Crippen LogP contribution is 1.96. The Balaban J connectivity index is 2.28. The lowest BCUT2D eigenvalue weighted by Crippen LogP contribution is -2.24. The van der Waals surface area contributed by atoms with Crippen molar-refractivity contribution in [2.45, 2.75) is 13.5 Å². The molecule has 0 aliphatic carbocycles. The van der Waals surface area contributed by atoms with Crippen LogP contribution in [0.3, 0.4) is 0 Å². The molecule has 0 aliphatic rings. The third kappa shape index (κ3) is 4.01. The van der Waals surface area contributed by atoms with Crippen molar-refractivity contribution in [1.82, 2.24) is 15.6 Å². The molecule has 0 atom stereocenters. The summed E-state index contributed by atoms with van der Waals surface area (Å²) in [4.78, 5) is 4.39. The summed E-state index contributed by atoms with van der Waals surface area (Å²) in [5.74, 6) is 0. The second-order valence-corrected chi connectivity index (χ2v) is 3.05. The molecule has 13 heavy (non-hydrogen) atoms. The summed E-state index contributed by atoms with van der Waals surface area (Å²) in [6, 6.07) is 6.09. The first-order chi connectivity index (χ1) is 6.33. The van der Waals surface area contributed by atoms with Crippen molar-refractivity contribution in [3.05, 3.63) is 29.6 Å². The molecule has 2 N–H and O–H groups in total. The molecule has 3 heteroatoms. The van der Waals surface area contributed by atoms with Gasteiger partial charge in [0.05, 0.1) is 5.69 Å². The zero-order valence-electron chi connectivity index (χ0n) is 8.30. The third-order valence-electron chi connectivity index (χ3n) is 1.80. The van der Waals surface area contributed by atoms with E-state index in [1.54, 1.807) is 0 Å². The lowest BCUT2D eigenvalue weighted by atomic mass is 10.3. The maximum atomic E-state index is 4.39. The summed E-state index contributed by atoms with van der Waals surface area (Å²) >= 11 is 0. The largest absolute Gasteiger partial charge is 0.318 e. The second kappa shape index (κ2) is 5.67. The number of aryl methyl sites for hydroxylation is 1. The summed E-state index contributed by atoms with van der Waals surface area (Å²) in [6.45, 7) is 4.83. The number of rotatable bonds is 5. The van der Waals surface area contributed by atoms with Crippen LogP contribution in [-0.2, 0) is 6.54 Å². The molecule has 0 saturated carbocycles. The first-order valence-corrected chi connectivity index (χ1v) is 4.61. The Labute approximate surface area is 79.6 Å². The topological polar surface area (TPSA) is 37.0 Å². The second-order valence-electron chi connectivity index (χ2n) is 3.05. The van der Waals surface area contributed by atoms with Gasteiger partial charge in [0.25, 0.3) is 0 Å². The third-order valence-corrected chi connectivity index (χ3v) is 1.80. The van der Waals surface area contributed by atoms with E-state index in [1.165, 1.54) is 0 Å². The fourth-order valence-corrected chi connectivity index (χ4v) is 1.13. The molecule has 3 nitrogen and oxygen atoms in total. The van der Waals surface area contributed by atoms with Crippen LogP contribution in [0.5, 0.6) is 0 Å². The van der Waals surface area contributed by atoms with Crippen molar-refractivity contribution in [2.24, 2.45) is 0 Å². The average molecular weight is 179 g/mol. The molecule has 0 bridgehead atoms. The number of aromatic nitrogens is 1. The van der Waals surface area contributed by atoms with Crippen molar-refractivity contribution in [1.29, 1.82) is 0 Å². The summed E-state index contributed by atoms with van der Waals surface area (Å²) in [6.07, 6.45) is 0. The van der Waals surface area contributed by atoms with Crippen LogP contribution >= 0.6 is 0 Å². The van der Waals surface area contributed by atoms with E-state index < -0.39 is 0 Å². The van der Waals surface area contributed by atoms with Crippen LogP contribution in [0.15, 0.2) is 18.2 Å². The summed E-state index contributed by atoms with van der Waals surface area (Å²) < 4.78 is 0. The molecule has 0 radical (unpaired) electrons. The first kappa shape index (κ1) is 10.2. The Kier molecular flexibility index (Phi) is 4.43. The van der Waals surface area contributed by atoms with Crippen molar-refractivity contribution in [3.63, 3.8) is 0 Å². The predicted octanol–water partition coefficient (Wildman–Crippen LogP) is 0.699. The Morgan fingerprint density at radius 3 is 2.85 bits per heavy atom. The van der Waals surface area contributed by atoms with E-state index in [1.807, 2.05) is 32.2 Å². The molecule has 0 saturated heterocycles. The molecule has 0 spiro atoms. The minimum absolute atomic E-state index is 0.851. The van der Waals surface area contributed by atoms with Gasteiger partial charge in [0.2, 0.25) is 0 Å². The first-order valence-electron chi connectivity index (χ1n) is 4.61. The normalized spacial score (nSPS) is 10.3. The van der Waals surface area contributed by atoms with E-state index in [0.29, 0.717) is 0 Å². The number of hydrogen-bond acceptors (Lipinski definition) is 3. The number of nitrogens with zero attached hydrogens (tertiary/aromatic N) is 1. The molecule has 0 aliphatic heterocycles. The molecule has 1 rings (SSSR count). The Hall–Kier alpha value is -0.930. The lowest BCUT2D eigenvalue weighted by Gasteiger charge is -2.03. The number of hydrogen-bond donors (Lipinski definition) is 2. The molecule has 0 aromatic carbocycles. The van der Waals surface area contributed by atoms with Crippen LogP contribution in [0.25, 0.3) is 0 Å².